The maximum atomic E-state index is 11.6. The maximum Gasteiger partial charge on any atom is 0.408 e. The number of nitrogens with one attached hydrogen (secondary N) is 3. The molecule has 25 heavy (non-hydrogen) atoms. The van der Waals surface area contributed by atoms with Gasteiger partial charge in [0.1, 0.15) is 5.75 Å². The molecule has 1 aromatic rings. The van der Waals surface area contributed by atoms with Crippen molar-refractivity contribution in [3.8, 4) is 5.75 Å². The van der Waals surface area contributed by atoms with Crippen LogP contribution in [0.4, 0.5) is 10.5 Å². The Hall–Kier alpha value is -0.190. The minimum Gasteiger partial charge on any atom is -0.497 e. The van der Waals surface area contributed by atoms with Gasteiger partial charge >= 0.3 is 6.09 Å². The topological polar surface area (TPSA) is 71.6 Å². The number of methoxy groups -OCH3 is 1. The minimum atomic E-state index is -1.87. The Kier molecular flexibility index (Phi) is 9.34. The number of alkyl carbamates (subject to hydrolysis) is 1. The zero-order valence-electron chi connectivity index (χ0n) is 13.0. The first-order chi connectivity index (χ1) is 11.6. The average molecular weight is 559 g/mol. The molecule has 6 nitrogen and oxygen atoms in total. The molecule has 1 atom stereocenters. The van der Waals surface area contributed by atoms with Gasteiger partial charge in [-0.25, -0.2) is 4.79 Å². The fourth-order valence-corrected chi connectivity index (χ4v) is 3.45. The van der Waals surface area contributed by atoms with E-state index in [4.69, 9.17) is 56.5 Å². The van der Waals surface area contributed by atoms with E-state index in [-0.39, 0.29) is 11.7 Å². The van der Waals surface area contributed by atoms with Crippen molar-refractivity contribution in [2.45, 2.75) is 16.9 Å². The first-order valence-corrected chi connectivity index (χ1v) is 9.81. The molecule has 1 amide bonds. The molecule has 0 saturated carbocycles. The van der Waals surface area contributed by atoms with Crippen LogP contribution in [0.25, 0.3) is 0 Å². The van der Waals surface area contributed by atoms with Crippen molar-refractivity contribution in [1.82, 2.24) is 10.6 Å². The highest BCUT2D eigenvalue weighted by molar-refractivity contribution is 9.11. The second-order valence-electron chi connectivity index (χ2n) is 4.40. The second kappa shape index (κ2) is 10.2. The predicted molar refractivity (Wildman–Crippen MR) is 112 cm³/mol. The summed E-state index contributed by atoms with van der Waals surface area (Å²) in [4.78, 5) is 11.6. The normalized spacial score (nSPS) is 12.1. The van der Waals surface area contributed by atoms with Gasteiger partial charge in [0.05, 0.1) is 19.4 Å². The first kappa shape index (κ1) is 22.9. The van der Waals surface area contributed by atoms with Crippen LogP contribution in [0, 0.1) is 0 Å². The van der Waals surface area contributed by atoms with E-state index in [9.17, 15) is 4.79 Å². The van der Waals surface area contributed by atoms with Crippen molar-refractivity contribution >= 4 is 95.8 Å². The SMILES string of the molecule is CCOC(=O)NC(NC(=S)Nc1c(Br)cc(OC)cc1Br)C(Cl)(Cl)Cl. The second-order valence-corrected chi connectivity index (χ2v) is 8.89. The lowest BCUT2D eigenvalue weighted by molar-refractivity contribution is 0.147. The molecule has 0 fully saturated rings. The molecule has 3 N–H and O–H groups in total. The van der Waals surface area contributed by atoms with Crippen LogP contribution >= 0.6 is 78.9 Å². The number of carbonyl (C=O) groups excluding carboxylic acids is 1. The van der Waals surface area contributed by atoms with Gasteiger partial charge in [-0.15, -0.1) is 0 Å². The Balaban J connectivity index is 2.86. The van der Waals surface area contributed by atoms with E-state index in [0.717, 1.165) is 0 Å². The molecule has 0 heterocycles. The minimum absolute atomic E-state index is 0.111. The standard InChI is InChI=1S/C13H14Br2Cl3N3O3S/c1-3-24-12(22)21-10(13(16,17)18)20-11(25)19-9-7(14)4-6(23-2)5-8(9)15/h4-5,10H,3H2,1-2H3,(H,21,22)(H2,19,20,25). The summed E-state index contributed by atoms with van der Waals surface area (Å²) in [5, 5.41) is 8.15. The van der Waals surface area contributed by atoms with Gasteiger partial charge in [-0.05, 0) is 63.1 Å². The summed E-state index contributed by atoms with van der Waals surface area (Å²) >= 11 is 29.6. The van der Waals surface area contributed by atoms with Gasteiger partial charge in [-0.3, -0.25) is 5.32 Å². The van der Waals surface area contributed by atoms with Crippen molar-refractivity contribution in [2.75, 3.05) is 19.0 Å². The van der Waals surface area contributed by atoms with E-state index in [1.165, 1.54) is 0 Å². The molecular formula is C13H14Br2Cl3N3O3S. The van der Waals surface area contributed by atoms with Gasteiger partial charge in [0, 0.05) is 8.95 Å². The molecule has 1 unspecified atom stereocenters. The Morgan fingerprint density at radius 2 is 1.84 bits per heavy atom. The van der Waals surface area contributed by atoms with Gasteiger partial charge in [0.2, 0.25) is 3.79 Å². The van der Waals surface area contributed by atoms with Crippen molar-refractivity contribution in [2.24, 2.45) is 0 Å². The molecule has 140 valence electrons. The summed E-state index contributed by atoms with van der Waals surface area (Å²) in [6.07, 6.45) is -1.87. The van der Waals surface area contributed by atoms with Crippen LogP contribution in [0.3, 0.4) is 0 Å². The number of halogens is 5. The summed E-state index contributed by atoms with van der Waals surface area (Å²) in [6, 6.07) is 3.50. The summed E-state index contributed by atoms with van der Waals surface area (Å²) in [7, 11) is 1.56. The summed E-state index contributed by atoms with van der Waals surface area (Å²) in [5.41, 5.74) is 0.623. The molecule has 1 rings (SSSR count). The van der Waals surface area contributed by atoms with Gasteiger partial charge in [0.25, 0.3) is 0 Å². The van der Waals surface area contributed by atoms with E-state index >= 15 is 0 Å². The number of alkyl halides is 3. The summed E-state index contributed by atoms with van der Waals surface area (Å²) < 4.78 is 9.44. The van der Waals surface area contributed by atoms with E-state index < -0.39 is 16.1 Å². The lowest BCUT2D eigenvalue weighted by atomic mass is 10.3. The Labute approximate surface area is 182 Å². The van der Waals surface area contributed by atoms with E-state index in [0.29, 0.717) is 20.4 Å². The number of hydrogen-bond donors (Lipinski definition) is 3. The zero-order chi connectivity index (χ0) is 19.2. The number of rotatable bonds is 5. The lowest BCUT2D eigenvalue weighted by Crippen LogP contribution is -2.56. The summed E-state index contributed by atoms with van der Waals surface area (Å²) in [6.45, 7) is 1.83. The molecule has 12 heteroatoms. The quantitative estimate of drug-likeness (QED) is 0.270. The third-order valence-corrected chi connectivity index (χ3v) is 4.76. The molecule has 0 aliphatic heterocycles. The largest absolute Gasteiger partial charge is 0.497 e. The van der Waals surface area contributed by atoms with Crippen molar-refractivity contribution < 1.29 is 14.3 Å². The highest BCUT2D eigenvalue weighted by Crippen LogP contribution is 2.35. The van der Waals surface area contributed by atoms with Crippen LogP contribution in [0.5, 0.6) is 5.75 Å². The van der Waals surface area contributed by atoms with Gasteiger partial charge in [-0.2, -0.15) is 0 Å². The summed E-state index contributed by atoms with van der Waals surface area (Å²) in [5.74, 6) is 0.645. The van der Waals surface area contributed by atoms with Crippen molar-refractivity contribution in [1.29, 1.82) is 0 Å². The number of hydrogen-bond acceptors (Lipinski definition) is 4. The molecule has 0 aliphatic rings. The fourth-order valence-electron chi connectivity index (χ4n) is 1.56. The van der Waals surface area contributed by atoms with Crippen LogP contribution in [0.1, 0.15) is 6.92 Å². The van der Waals surface area contributed by atoms with Crippen LogP contribution in [-0.4, -0.2) is 34.9 Å². The smallest absolute Gasteiger partial charge is 0.408 e. The Morgan fingerprint density at radius 1 is 1.28 bits per heavy atom. The van der Waals surface area contributed by atoms with E-state index in [2.05, 4.69) is 47.8 Å². The zero-order valence-corrected chi connectivity index (χ0v) is 19.2. The van der Waals surface area contributed by atoms with Crippen LogP contribution in [0.15, 0.2) is 21.1 Å². The van der Waals surface area contributed by atoms with Crippen LogP contribution in [0.2, 0.25) is 0 Å². The molecule has 0 aliphatic carbocycles. The maximum absolute atomic E-state index is 11.6. The van der Waals surface area contributed by atoms with Gasteiger partial charge in [0.15, 0.2) is 11.3 Å². The predicted octanol–water partition coefficient (Wildman–Crippen LogP) is 4.95. The average Bonchev–Trinajstić information content (AvgIpc) is 2.49. The molecule has 0 bridgehead atoms. The van der Waals surface area contributed by atoms with Crippen LogP contribution < -0.4 is 20.7 Å². The molecule has 1 aromatic carbocycles. The highest BCUT2D eigenvalue weighted by Gasteiger charge is 2.35. The number of amides is 1. The van der Waals surface area contributed by atoms with Gasteiger partial charge in [-0.1, -0.05) is 34.8 Å². The number of benzene rings is 1. The third kappa shape index (κ3) is 7.52. The Morgan fingerprint density at radius 3 is 2.28 bits per heavy atom. The molecule has 0 spiro atoms. The van der Waals surface area contributed by atoms with Crippen molar-refractivity contribution in [3.63, 3.8) is 0 Å². The molecule has 0 aromatic heterocycles. The van der Waals surface area contributed by atoms with Gasteiger partial charge < -0.3 is 20.1 Å². The van der Waals surface area contributed by atoms with Crippen LogP contribution in [-0.2, 0) is 4.74 Å². The molecular weight excluding hydrogens is 544 g/mol. The van der Waals surface area contributed by atoms with E-state index in [1.54, 1.807) is 26.2 Å². The fraction of sp³-hybridized carbons (Fsp3) is 0.385. The van der Waals surface area contributed by atoms with E-state index in [1.807, 2.05) is 0 Å². The number of anilines is 1. The first-order valence-electron chi connectivity index (χ1n) is 6.69. The Bertz CT molecular complexity index is 624. The monoisotopic (exact) mass is 555 g/mol. The molecule has 0 radical (unpaired) electrons. The number of ether oxygens (including phenoxy) is 2. The van der Waals surface area contributed by atoms with Crippen molar-refractivity contribution in [3.05, 3.63) is 21.1 Å². The lowest BCUT2D eigenvalue weighted by Gasteiger charge is -2.27. The third-order valence-electron chi connectivity index (χ3n) is 2.63. The number of thiocarbonyl (C=S) groups is 1. The molecule has 0 saturated heterocycles. The highest BCUT2D eigenvalue weighted by atomic mass is 79.9. The number of carbonyl (C=O) groups is 1.